The zero-order valence-corrected chi connectivity index (χ0v) is 14.8. The van der Waals surface area contributed by atoms with Crippen LogP contribution in [0.25, 0.3) is 0 Å². The molecule has 0 radical (unpaired) electrons. The van der Waals surface area contributed by atoms with Gasteiger partial charge >= 0.3 is 11.9 Å². The number of hydrogen-bond acceptors (Lipinski definition) is 6. The molecule has 2 unspecified atom stereocenters. The molecule has 6 nitrogen and oxygen atoms in total. The fourth-order valence-corrected chi connectivity index (χ4v) is 4.57. The van der Waals surface area contributed by atoms with E-state index >= 15 is 0 Å². The maximum atomic E-state index is 12.7. The van der Waals surface area contributed by atoms with Gasteiger partial charge in [0.15, 0.2) is 10.8 Å². The molecule has 2 aliphatic rings. The highest BCUT2D eigenvalue weighted by Gasteiger charge is 2.91. The Labute approximate surface area is 152 Å². The van der Waals surface area contributed by atoms with Crippen molar-refractivity contribution in [2.45, 2.75) is 32.6 Å². The number of nitriles is 2. The van der Waals surface area contributed by atoms with E-state index in [1.54, 1.807) is 13.8 Å². The van der Waals surface area contributed by atoms with Crippen molar-refractivity contribution >= 4 is 11.9 Å². The van der Waals surface area contributed by atoms with Gasteiger partial charge in [-0.2, -0.15) is 10.5 Å². The minimum absolute atomic E-state index is 0.113. The van der Waals surface area contributed by atoms with Gasteiger partial charge in [-0.05, 0) is 32.3 Å². The zero-order valence-electron chi connectivity index (χ0n) is 14.8. The van der Waals surface area contributed by atoms with Crippen LogP contribution >= 0.6 is 0 Å². The van der Waals surface area contributed by atoms with Gasteiger partial charge in [-0.3, -0.25) is 9.59 Å². The normalized spacial score (nSPS) is 26.7. The third-order valence-electron chi connectivity index (χ3n) is 5.89. The maximum Gasteiger partial charge on any atom is 0.324 e. The van der Waals surface area contributed by atoms with Crippen molar-refractivity contribution in [2.75, 3.05) is 13.2 Å². The molecule has 0 bridgehead atoms. The van der Waals surface area contributed by atoms with Crippen molar-refractivity contribution in [3.63, 3.8) is 0 Å². The summed E-state index contributed by atoms with van der Waals surface area (Å²) < 4.78 is 10.3. The Balaban J connectivity index is 2.05. The molecule has 0 heterocycles. The van der Waals surface area contributed by atoms with Crippen LogP contribution in [0.2, 0.25) is 0 Å². The Bertz CT molecular complexity index is 788. The van der Waals surface area contributed by atoms with Crippen LogP contribution in [0.4, 0.5) is 0 Å². The third kappa shape index (κ3) is 1.96. The highest BCUT2D eigenvalue weighted by Crippen LogP contribution is 2.85. The summed E-state index contributed by atoms with van der Waals surface area (Å²) in [6.45, 7) is 3.54. The number of carbonyl (C=O) groups is 2. The topological polar surface area (TPSA) is 100 Å². The molecule has 0 amide bonds. The van der Waals surface area contributed by atoms with Crippen molar-refractivity contribution < 1.29 is 19.1 Å². The van der Waals surface area contributed by atoms with E-state index in [2.05, 4.69) is 12.1 Å². The lowest BCUT2D eigenvalue weighted by Crippen LogP contribution is -2.54. The molecule has 2 aliphatic carbocycles. The molecule has 26 heavy (non-hydrogen) atoms. The Morgan fingerprint density at radius 1 is 1.08 bits per heavy atom. The second-order valence-corrected chi connectivity index (χ2v) is 6.80. The number of rotatable bonds is 5. The Kier molecular flexibility index (Phi) is 4.24. The minimum Gasteiger partial charge on any atom is -0.465 e. The number of esters is 2. The number of benzene rings is 1. The van der Waals surface area contributed by atoms with Crippen LogP contribution in [-0.2, 0) is 19.1 Å². The van der Waals surface area contributed by atoms with Crippen LogP contribution in [0, 0.1) is 38.9 Å². The van der Waals surface area contributed by atoms with Crippen LogP contribution in [0.1, 0.15) is 38.2 Å². The van der Waals surface area contributed by atoms with Gasteiger partial charge in [0.05, 0.1) is 25.4 Å². The second-order valence-electron chi connectivity index (χ2n) is 6.80. The molecule has 0 aliphatic heterocycles. The maximum absolute atomic E-state index is 12.7. The second kappa shape index (κ2) is 6.14. The molecule has 134 valence electrons. The fourth-order valence-electron chi connectivity index (χ4n) is 4.57. The highest BCUT2D eigenvalue weighted by atomic mass is 16.6. The van der Waals surface area contributed by atoms with Crippen molar-refractivity contribution in [2.24, 2.45) is 16.2 Å². The van der Waals surface area contributed by atoms with E-state index in [0.717, 1.165) is 5.56 Å². The van der Waals surface area contributed by atoms with Crippen molar-refractivity contribution in [3.05, 3.63) is 35.9 Å². The monoisotopic (exact) mass is 352 g/mol. The molecule has 1 spiro atoms. The van der Waals surface area contributed by atoms with Gasteiger partial charge in [0.2, 0.25) is 0 Å². The molecule has 2 atom stereocenters. The molecule has 2 fully saturated rings. The summed E-state index contributed by atoms with van der Waals surface area (Å²) in [6, 6.07) is 13.5. The lowest BCUT2D eigenvalue weighted by Gasteiger charge is -2.50. The number of carbonyl (C=O) groups excluding carboxylic acids is 2. The lowest BCUT2D eigenvalue weighted by molar-refractivity contribution is -0.170. The summed E-state index contributed by atoms with van der Waals surface area (Å²) >= 11 is 0. The van der Waals surface area contributed by atoms with Crippen LogP contribution in [0.3, 0.4) is 0 Å². The Hall–Kier alpha value is -2.86. The summed E-state index contributed by atoms with van der Waals surface area (Å²) in [4.78, 5) is 25.3. The SMILES string of the molecule is CCOC(=O)C1(C(=O)OCC)CC12CC(c1ccccc1)C2(C#N)C#N. The van der Waals surface area contributed by atoms with E-state index < -0.39 is 28.2 Å². The van der Waals surface area contributed by atoms with Crippen molar-refractivity contribution in [1.82, 2.24) is 0 Å². The van der Waals surface area contributed by atoms with E-state index in [0.29, 0.717) is 6.42 Å². The van der Waals surface area contributed by atoms with E-state index in [4.69, 9.17) is 9.47 Å². The molecule has 1 aromatic carbocycles. The number of nitrogens with zero attached hydrogens (tertiary/aromatic N) is 2. The highest BCUT2D eigenvalue weighted by molar-refractivity contribution is 6.06. The van der Waals surface area contributed by atoms with E-state index in [9.17, 15) is 20.1 Å². The van der Waals surface area contributed by atoms with Gasteiger partial charge in [-0.1, -0.05) is 30.3 Å². The standard InChI is InChI=1S/C20H20N2O4/c1-3-25-16(23)20(17(24)26-4-2)11-19(20)10-15(18(19,12-21)13-22)14-8-6-5-7-9-14/h5-9,15H,3-4,10-11H2,1-2H3. The zero-order chi connectivity index (χ0) is 19.0. The van der Waals surface area contributed by atoms with Gasteiger partial charge < -0.3 is 9.47 Å². The Morgan fingerprint density at radius 3 is 2.08 bits per heavy atom. The van der Waals surface area contributed by atoms with Crippen molar-refractivity contribution in [1.29, 1.82) is 10.5 Å². The summed E-state index contributed by atoms with van der Waals surface area (Å²) in [5, 5.41) is 19.8. The minimum atomic E-state index is -1.56. The van der Waals surface area contributed by atoms with Crippen LogP contribution in [-0.4, -0.2) is 25.2 Å². The molecule has 0 aromatic heterocycles. The van der Waals surface area contributed by atoms with Gasteiger partial charge in [0, 0.05) is 11.3 Å². The summed E-state index contributed by atoms with van der Waals surface area (Å²) in [6.07, 6.45) is 0.512. The van der Waals surface area contributed by atoms with E-state index in [-0.39, 0.29) is 25.6 Å². The molecular weight excluding hydrogens is 332 g/mol. The molecule has 1 aromatic rings. The fraction of sp³-hybridized carbons (Fsp3) is 0.500. The first-order valence-corrected chi connectivity index (χ1v) is 8.71. The molecule has 6 heteroatoms. The molecule has 3 rings (SSSR count). The van der Waals surface area contributed by atoms with Crippen LogP contribution in [0.15, 0.2) is 30.3 Å². The summed E-state index contributed by atoms with van der Waals surface area (Å²) in [5.74, 6) is -1.75. The summed E-state index contributed by atoms with van der Waals surface area (Å²) in [7, 11) is 0. The average Bonchev–Trinajstić information content (AvgIpc) is 3.36. The molecular formula is C20H20N2O4. The number of ether oxygens (including phenoxy) is 2. The predicted molar refractivity (Wildman–Crippen MR) is 90.2 cm³/mol. The first-order valence-electron chi connectivity index (χ1n) is 8.71. The summed E-state index contributed by atoms with van der Waals surface area (Å²) in [5.41, 5.74) is -3.22. The van der Waals surface area contributed by atoms with Crippen LogP contribution < -0.4 is 0 Å². The van der Waals surface area contributed by atoms with Gasteiger partial charge in [0.1, 0.15) is 0 Å². The van der Waals surface area contributed by atoms with Crippen LogP contribution in [0.5, 0.6) is 0 Å². The molecule has 2 saturated carbocycles. The third-order valence-corrected chi connectivity index (χ3v) is 5.89. The average molecular weight is 352 g/mol. The first kappa shape index (κ1) is 17.9. The molecule has 0 saturated heterocycles. The van der Waals surface area contributed by atoms with E-state index in [1.807, 2.05) is 30.3 Å². The first-order chi connectivity index (χ1) is 12.5. The Morgan fingerprint density at radius 2 is 1.62 bits per heavy atom. The number of hydrogen-bond donors (Lipinski definition) is 0. The van der Waals surface area contributed by atoms with E-state index in [1.165, 1.54) is 0 Å². The lowest BCUT2D eigenvalue weighted by atomic mass is 9.47. The molecule has 0 N–H and O–H groups in total. The quantitative estimate of drug-likeness (QED) is 0.596. The predicted octanol–water partition coefficient (Wildman–Crippen LogP) is 2.71. The van der Waals surface area contributed by atoms with Gasteiger partial charge in [-0.15, -0.1) is 0 Å². The largest absolute Gasteiger partial charge is 0.465 e. The van der Waals surface area contributed by atoms with Gasteiger partial charge in [-0.25, -0.2) is 0 Å². The van der Waals surface area contributed by atoms with Gasteiger partial charge in [0.25, 0.3) is 0 Å². The smallest absolute Gasteiger partial charge is 0.324 e. The van der Waals surface area contributed by atoms with Crippen molar-refractivity contribution in [3.8, 4) is 12.1 Å².